The number of amides is 2. The van der Waals surface area contributed by atoms with Gasteiger partial charge < -0.3 is 15.7 Å². The number of nitrogens with one attached hydrogen (secondary N) is 2. The average molecular weight is 283 g/mol. The van der Waals surface area contributed by atoms with Crippen LogP contribution in [-0.4, -0.2) is 53.2 Å². The molecule has 0 bridgehead atoms. The zero-order valence-electron chi connectivity index (χ0n) is 12.3. The SMILES string of the molecule is CCC(C)C(NC(=O)NC1CCN2CCCC12)C(=O)O. The first kappa shape index (κ1) is 15.1. The first-order valence-corrected chi connectivity index (χ1v) is 7.56. The third-order valence-corrected chi connectivity index (χ3v) is 4.69. The predicted molar refractivity (Wildman–Crippen MR) is 75.5 cm³/mol. The van der Waals surface area contributed by atoms with Gasteiger partial charge >= 0.3 is 12.0 Å². The number of fused-ring (bicyclic) bond motifs is 1. The second kappa shape index (κ2) is 6.43. The van der Waals surface area contributed by atoms with E-state index < -0.39 is 12.0 Å². The average Bonchev–Trinajstić information content (AvgIpc) is 3.00. The van der Waals surface area contributed by atoms with Gasteiger partial charge in [0.25, 0.3) is 0 Å². The summed E-state index contributed by atoms with van der Waals surface area (Å²) in [5, 5.41) is 14.7. The van der Waals surface area contributed by atoms with Gasteiger partial charge in [0.15, 0.2) is 0 Å². The molecule has 2 aliphatic heterocycles. The number of hydrogen-bond acceptors (Lipinski definition) is 3. The van der Waals surface area contributed by atoms with Gasteiger partial charge in [-0.25, -0.2) is 9.59 Å². The molecule has 0 aromatic rings. The fourth-order valence-corrected chi connectivity index (χ4v) is 3.29. The van der Waals surface area contributed by atoms with Gasteiger partial charge in [-0.3, -0.25) is 4.90 Å². The van der Waals surface area contributed by atoms with Crippen molar-refractivity contribution in [3.05, 3.63) is 0 Å². The molecule has 2 rings (SSSR count). The summed E-state index contributed by atoms with van der Waals surface area (Å²) in [6.45, 7) is 5.92. The van der Waals surface area contributed by atoms with Crippen molar-refractivity contribution in [2.75, 3.05) is 13.1 Å². The van der Waals surface area contributed by atoms with E-state index >= 15 is 0 Å². The lowest BCUT2D eigenvalue weighted by Gasteiger charge is -2.24. The summed E-state index contributed by atoms with van der Waals surface area (Å²) in [5.41, 5.74) is 0. The summed E-state index contributed by atoms with van der Waals surface area (Å²) in [4.78, 5) is 25.6. The summed E-state index contributed by atoms with van der Waals surface area (Å²) < 4.78 is 0. The zero-order chi connectivity index (χ0) is 14.7. The Balaban J connectivity index is 1.86. The molecule has 114 valence electrons. The number of carbonyl (C=O) groups excluding carboxylic acids is 1. The molecule has 3 N–H and O–H groups in total. The highest BCUT2D eigenvalue weighted by molar-refractivity contribution is 5.82. The summed E-state index contributed by atoms with van der Waals surface area (Å²) in [6, 6.07) is -0.575. The van der Waals surface area contributed by atoms with Crippen LogP contribution in [0, 0.1) is 5.92 Å². The molecule has 2 aliphatic rings. The molecule has 0 spiro atoms. The summed E-state index contributed by atoms with van der Waals surface area (Å²) in [7, 11) is 0. The molecule has 0 aromatic heterocycles. The highest BCUT2D eigenvalue weighted by Gasteiger charge is 2.38. The number of hydrogen-bond donors (Lipinski definition) is 3. The van der Waals surface area contributed by atoms with Crippen LogP contribution >= 0.6 is 0 Å². The van der Waals surface area contributed by atoms with Gasteiger partial charge in [-0.1, -0.05) is 20.3 Å². The Kier molecular flexibility index (Phi) is 4.86. The maximum absolute atomic E-state index is 12.0. The van der Waals surface area contributed by atoms with E-state index in [9.17, 15) is 14.7 Å². The Morgan fingerprint density at radius 2 is 2.10 bits per heavy atom. The molecule has 0 aliphatic carbocycles. The molecule has 6 nitrogen and oxygen atoms in total. The molecule has 2 saturated heterocycles. The summed E-state index contributed by atoms with van der Waals surface area (Å²) >= 11 is 0. The van der Waals surface area contributed by atoms with Crippen LogP contribution < -0.4 is 10.6 Å². The van der Waals surface area contributed by atoms with Crippen molar-refractivity contribution >= 4 is 12.0 Å². The van der Waals surface area contributed by atoms with Gasteiger partial charge in [-0.2, -0.15) is 0 Å². The lowest BCUT2D eigenvalue weighted by Crippen LogP contribution is -2.53. The quantitative estimate of drug-likeness (QED) is 0.703. The van der Waals surface area contributed by atoms with Crippen LogP contribution in [0.1, 0.15) is 39.5 Å². The minimum absolute atomic E-state index is 0.0789. The van der Waals surface area contributed by atoms with E-state index in [2.05, 4.69) is 15.5 Å². The molecule has 2 fully saturated rings. The number of aliphatic carboxylic acids is 1. The van der Waals surface area contributed by atoms with Gasteiger partial charge in [-0.05, 0) is 31.7 Å². The second-order valence-electron chi connectivity index (χ2n) is 5.96. The summed E-state index contributed by atoms with van der Waals surface area (Å²) in [5.74, 6) is -1.05. The molecule has 2 heterocycles. The Morgan fingerprint density at radius 3 is 2.75 bits per heavy atom. The van der Waals surface area contributed by atoms with Gasteiger partial charge in [0.1, 0.15) is 6.04 Å². The maximum Gasteiger partial charge on any atom is 0.326 e. The van der Waals surface area contributed by atoms with Gasteiger partial charge in [0.05, 0.1) is 0 Å². The molecule has 0 radical (unpaired) electrons. The lowest BCUT2D eigenvalue weighted by atomic mass is 9.99. The van der Waals surface area contributed by atoms with E-state index in [1.807, 2.05) is 13.8 Å². The minimum Gasteiger partial charge on any atom is -0.480 e. The van der Waals surface area contributed by atoms with Crippen molar-refractivity contribution < 1.29 is 14.7 Å². The standard InChI is InChI=1S/C14H25N3O3/c1-3-9(2)12(13(18)19)16-14(20)15-10-6-8-17-7-4-5-11(10)17/h9-12H,3-8H2,1-2H3,(H,18,19)(H2,15,16,20). The summed E-state index contributed by atoms with van der Waals surface area (Å²) in [6.07, 6.45) is 3.99. The smallest absolute Gasteiger partial charge is 0.326 e. The largest absolute Gasteiger partial charge is 0.480 e. The Labute approximate surface area is 119 Å². The van der Waals surface area contributed by atoms with Crippen LogP contribution in [0.15, 0.2) is 0 Å². The molecule has 0 saturated carbocycles. The van der Waals surface area contributed by atoms with Crippen molar-refractivity contribution in [2.24, 2.45) is 5.92 Å². The fraction of sp³-hybridized carbons (Fsp3) is 0.857. The van der Waals surface area contributed by atoms with Crippen molar-refractivity contribution in [1.82, 2.24) is 15.5 Å². The molecule has 6 heteroatoms. The van der Waals surface area contributed by atoms with E-state index in [1.54, 1.807) is 0 Å². The van der Waals surface area contributed by atoms with Crippen LogP contribution in [0.4, 0.5) is 4.79 Å². The fourth-order valence-electron chi connectivity index (χ4n) is 3.29. The highest BCUT2D eigenvalue weighted by Crippen LogP contribution is 2.27. The predicted octanol–water partition coefficient (Wildman–Crippen LogP) is 1.02. The molecule has 20 heavy (non-hydrogen) atoms. The third-order valence-electron chi connectivity index (χ3n) is 4.69. The minimum atomic E-state index is -0.969. The van der Waals surface area contributed by atoms with Crippen molar-refractivity contribution in [2.45, 2.75) is 57.7 Å². The van der Waals surface area contributed by atoms with E-state index in [1.165, 1.54) is 6.42 Å². The number of carboxylic acids is 1. The Bertz CT molecular complexity index is 375. The van der Waals surface area contributed by atoms with E-state index in [0.29, 0.717) is 6.04 Å². The topological polar surface area (TPSA) is 81.7 Å². The lowest BCUT2D eigenvalue weighted by molar-refractivity contribution is -0.140. The van der Waals surface area contributed by atoms with E-state index in [4.69, 9.17) is 0 Å². The van der Waals surface area contributed by atoms with Gasteiger partial charge in [0.2, 0.25) is 0 Å². The highest BCUT2D eigenvalue weighted by atomic mass is 16.4. The first-order chi connectivity index (χ1) is 9.52. The van der Waals surface area contributed by atoms with Crippen LogP contribution in [0.5, 0.6) is 0 Å². The van der Waals surface area contributed by atoms with Crippen molar-refractivity contribution in [1.29, 1.82) is 0 Å². The van der Waals surface area contributed by atoms with E-state index in [-0.39, 0.29) is 18.0 Å². The second-order valence-corrected chi connectivity index (χ2v) is 5.96. The van der Waals surface area contributed by atoms with Gasteiger partial charge in [-0.15, -0.1) is 0 Å². The van der Waals surface area contributed by atoms with E-state index in [0.717, 1.165) is 32.4 Å². The maximum atomic E-state index is 12.0. The molecule has 4 atom stereocenters. The molecule has 2 amide bonds. The van der Waals surface area contributed by atoms with Crippen molar-refractivity contribution in [3.63, 3.8) is 0 Å². The van der Waals surface area contributed by atoms with Crippen molar-refractivity contribution in [3.8, 4) is 0 Å². The first-order valence-electron chi connectivity index (χ1n) is 7.56. The Hall–Kier alpha value is -1.30. The molecule has 4 unspecified atom stereocenters. The molecule has 0 aromatic carbocycles. The number of carbonyl (C=O) groups is 2. The van der Waals surface area contributed by atoms with Crippen LogP contribution in [-0.2, 0) is 4.79 Å². The number of urea groups is 1. The van der Waals surface area contributed by atoms with Gasteiger partial charge in [0, 0.05) is 18.6 Å². The third kappa shape index (κ3) is 3.23. The van der Waals surface area contributed by atoms with Crippen LogP contribution in [0.25, 0.3) is 0 Å². The number of nitrogens with zero attached hydrogens (tertiary/aromatic N) is 1. The number of carboxylic acid groups (broad SMARTS) is 1. The molecular weight excluding hydrogens is 258 g/mol. The van der Waals surface area contributed by atoms with Crippen LogP contribution in [0.3, 0.4) is 0 Å². The monoisotopic (exact) mass is 283 g/mol. The van der Waals surface area contributed by atoms with Crippen LogP contribution in [0.2, 0.25) is 0 Å². The number of rotatable bonds is 5. The normalized spacial score (nSPS) is 28.7. The molecular formula is C14H25N3O3. The Morgan fingerprint density at radius 1 is 1.35 bits per heavy atom. The zero-order valence-corrected chi connectivity index (χ0v) is 12.3.